The van der Waals surface area contributed by atoms with Gasteiger partial charge in [0, 0.05) is 6.42 Å². The number of rotatable bonds is 6. The van der Waals surface area contributed by atoms with Crippen molar-refractivity contribution in [3.63, 3.8) is 0 Å². The summed E-state index contributed by atoms with van der Waals surface area (Å²) < 4.78 is 0. The van der Waals surface area contributed by atoms with Gasteiger partial charge in [0.15, 0.2) is 0 Å². The average Bonchev–Trinajstić information content (AvgIpc) is 2.76. The van der Waals surface area contributed by atoms with Crippen LogP contribution in [0.1, 0.15) is 25.7 Å². The van der Waals surface area contributed by atoms with Crippen LogP contribution in [0.15, 0.2) is 0 Å². The molecule has 0 aromatic rings. The Kier molecular flexibility index (Phi) is 4.89. The SMILES string of the molecule is O=C(O)CC[C@H](NC(=O)C1CCCN1)C(=O)O. The van der Waals surface area contributed by atoms with E-state index < -0.39 is 18.0 Å². The fraction of sp³-hybridized carbons (Fsp3) is 0.700. The van der Waals surface area contributed by atoms with Gasteiger partial charge in [-0.25, -0.2) is 4.79 Å². The van der Waals surface area contributed by atoms with Crippen molar-refractivity contribution in [1.82, 2.24) is 10.6 Å². The Morgan fingerprint density at radius 1 is 1.35 bits per heavy atom. The zero-order valence-corrected chi connectivity index (χ0v) is 9.31. The van der Waals surface area contributed by atoms with Crippen molar-refractivity contribution in [2.75, 3.05) is 6.54 Å². The van der Waals surface area contributed by atoms with Gasteiger partial charge in [0.2, 0.25) is 5.91 Å². The van der Waals surface area contributed by atoms with E-state index in [1.54, 1.807) is 0 Å². The van der Waals surface area contributed by atoms with Gasteiger partial charge in [0.05, 0.1) is 6.04 Å². The van der Waals surface area contributed by atoms with E-state index in [1.165, 1.54) is 0 Å². The molecule has 0 aliphatic carbocycles. The van der Waals surface area contributed by atoms with Crippen LogP contribution >= 0.6 is 0 Å². The highest BCUT2D eigenvalue weighted by molar-refractivity contribution is 5.87. The first-order chi connectivity index (χ1) is 8.00. The number of nitrogens with one attached hydrogen (secondary N) is 2. The molecule has 96 valence electrons. The van der Waals surface area contributed by atoms with Gasteiger partial charge < -0.3 is 20.8 Å². The predicted octanol–water partition coefficient (Wildman–Crippen LogP) is -0.827. The van der Waals surface area contributed by atoms with E-state index in [1.807, 2.05) is 0 Å². The number of hydrogen-bond donors (Lipinski definition) is 4. The molecular formula is C10H16N2O5. The maximum absolute atomic E-state index is 11.6. The van der Waals surface area contributed by atoms with Crippen LogP contribution in [0.25, 0.3) is 0 Å². The lowest BCUT2D eigenvalue weighted by Crippen LogP contribution is -2.48. The van der Waals surface area contributed by atoms with E-state index in [2.05, 4.69) is 10.6 Å². The van der Waals surface area contributed by atoms with Crippen molar-refractivity contribution >= 4 is 17.8 Å². The number of carboxylic acids is 2. The summed E-state index contributed by atoms with van der Waals surface area (Å²) >= 11 is 0. The fourth-order valence-corrected chi connectivity index (χ4v) is 1.71. The molecule has 1 rings (SSSR count). The standard InChI is InChI=1S/C10H16N2O5/c13-8(14)4-3-7(10(16)17)12-9(15)6-2-1-5-11-6/h6-7,11H,1-5H2,(H,12,15)(H,13,14)(H,16,17)/t6?,7-/m0/s1. The molecule has 4 N–H and O–H groups in total. The maximum atomic E-state index is 11.6. The quantitative estimate of drug-likeness (QED) is 0.485. The van der Waals surface area contributed by atoms with Gasteiger partial charge in [-0.15, -0.1) is 0 Å². The smallest absolute Gasteiger partial charge is 0.326 e. The molecule has 0 aromatic carbocycles. The molecule has 1 unspecified atom stereocenters. The Labute approximate surface area is 98.2 Å². The minimum Gasteiger partial charge on any atom is -0.481 e. The lowest BCUT2D eigenvalue weighted by Gasteiger charge is -2.16. The third-order valence-corrected chi connectivity index (χ3v) is 2.64. The Hall–Kier alpha value is -1.63. The highest BCUT2D eigenvalue weighted by atomic mass is 16.4. The molecule has 1 aliphatic rings. The molecule has 0 spiro atoms. The summed E-state index contributed by atoms with van der Waals surface area (Å²) in [7, 11) is 0. The summed E-state index contributed by atoms with van der Waals surface area (Å²) in [5, 5.41) is 22.6. The van der Waals surface area contributed by atoms with Gasteiger partial charge in [-0.2, -0.15) is 0 Å². The van der Waals surface area contributed by atoms with Crippen molar-refractivity contribution in [3.8, 4) is 0 Å². The highest BCUT2D eigenvalue weighted by Crippen LogP contribution is 2.06. The molecule has 0 radical (unpaired) electrons. The molecule has 0 saturated carbocycles. The zero-order chi connectivity index (χ0) is 12.8. The lowest BCUT2D eigenvalue weighted by atomic mass is 10.1. The number of carbonyl (C=O) groups excluding carboxylic acids is 1. The monoisotopic (exact) mass is 244 g/mol. The van der Waals surface area contributed by atoms with E-state index >= 15 is 0 Å². The van der Waals surface area contributed by atoms with Crippen LogP contribution in [0, 0.1) is 0 Å². The average molecular weight is 244 g/mol. The first kappa shape index (κ1) is 13.4. The zero-order valence-electron chi connectivity index (χ0n) is 9.31. The van der Waals surface area contributed by atoms with Gasteiger partial charge >= 0.3 is 11.9 Å². The third-order valence-electron chi connectivity index (χ3n) is 2.64. The molecule has 2 atom stereocenters. The van der Waals surface area contributed by atoms with E-state index in [9.17, 15) is 14.4 Å². The molecule has 17 heavy (non-hydrogen) atoms. The third kappa shape index (κ3) is 4.39. The molecule has 1 fully saturated rings. The number of hydrogen-bond acceptors (Lipinski definition) is 4. The summed E-state index contributed by atoms with van der Waals surface area (Å²) in [4.78, 5) is 32.8. The van der Waals surface area contributed by atoms with Crippen LogP contribution in [-0.4, -0.2) is 46.7 Å². The second kappa shape index (κ2) is 6.19. The van der Waals surface area contributed by atoms with Crippen LogP contribution < -0.4 is 10.6 Å². The van der Waals surface area contributed by atoms with Crippen molar-refractivity contribution < 1.29 is 24.6 Å². The molecule has 0 bridgehead atoms. The number of amides is 1. The van der Waals surface area contributed by atoms with E-state index in [4.69, 9.17) is 10.2 Å². The number of carbonyl (C=O) groups is 3. The number of carboxylic acid groups (broad SMARTS) is 2. The molecule has 1 amide bonds. The van der Waals surface area contributed by atoms with Gasteiger partial charge in [0.1, 0.15) is 6.04 Å². The van der Waals surface area contributed by atoms with Crippen LogP contribution in [-0.2, 0) is 14.4 Å². The first-order valence-corrected chi connectivity index (χ1v) is 5.49. The van der Waals surface area contributed by atoms with Crippen molar-refractivity contribution in [2.45, 2.75) is 37.8 Å². The molecule has 1 aliphatic heterocycles. The molecule has 1 heterocycles. The number of aliphatic carboxylic acids is 2. The summed E-state index contributed by atoms with van der Waals surface area (Å²) in [6.45, 7) is 0.741. The van der Waals surface area contributed by atoms with Crippen molar-refractivity contribution in [3.05, 3.63) is 0 Å². The predicted molar refractivity (Wildman–Crippen MR) is 57.5 cm³/mol. The maximum Gasteiger partial charge on any atom is 0.326 e. The summed E-state index contributed by atoms with van der Waals surface area (Å²) in [6.07, 6.45) is 1.17. The van der Waals surface area contributed by atoms with Crippen LogP contribution in [0.5, 0.6) is 0 Å². The summed E-state index contributed by atoms with van der Waals surface area (Å²) in [5.41, 5.74) is 0. The molecular weight excluding hydrogens is 228 g/mol. The highest BCUT2D eigenvalue weighted by Gasteiger charge is 2.27. The molecule has 1 saturated heterocycles. The summed E-state index contributed by atoms with van der Waals surface area (Å²) in [5.74, 6) is -2.66. The van der Waals surface area contributed by atoms with Crippen molar-refractivity contribution in [1.29, 1.82) is 0 Å². The second-order valence-corrected chi connectivity index (χ2v) is 3.98. The summed E-state index contributed by atoms with van der Waals surface area (Å²) in [6, 6.07) is -1.50. The second-order valence-electron chi connectivity index (χ2n) is 3.98. The Morgan fingerprint density at radius 3 is 2.53 bits per heavy atom. The lowest BCUT2D eigenvalue weighted by molar-refractivity contribution is -0.143. The Bertz CT molecular complexity index is 312. The van der Waals surface area contributed by atoms with Gasteiger partial charge in [-0.3, -0.25) is 9.59 Å². The van der Waals surface area contributed by atoms with Crippen LogP contribution in [0.4, 0.5) is 0 Å². The van der Waals surface area contributed by atoms with Crippen molar-refractivity contribution in [2.24, 2.45) is 0 Å². The minimum absolute atomic E-state index is 0.108. The normalized spacial score (nSPS) is 20.8. The van der Waals surface area contributed by atoms with Gasteiger partial charge in [0.25, 0.3) is 0 Å². The topological polar surface area (TPSA) is 116 Å². The first-order valence-electron chi connectivity index (χ1n) is 5.49. The molecule has 7 heteroatoms. The fourth-order valence-electron chi connectivity index (χ4n) is 1.71. The van der Waals surface area contributed by atoms with E-state index in [0.29, 0.717) is 6.42 Å². The van der Waals surface area contributed by atoms with Gasteiger partial charge in [-0.05, 0) is 25.8 Å². The van der Waals surface area contributed by atoms with Crippen LogP contribution in [0.2, 0.25) is 0 Å². The molecule has 7 nitrogen and oxygen atoms in total. The van der Waals surface area contributed by atoms with Gasteiger partial charge in [-0.1, -0.05) is 0 Å². The van der Waals surface area contributed by atoms with E-state index in [0.717, 1.165) is 13.0 Å². The molecule has 0 aromatic heterocycles. The largest absolute Gasteiger partial charge is 0.481 e. The van der Waals surface area contributed by atoms with E-state index in [-0.39, 0.29) is 24.8 Å². The Morgan fingerprint density at radius 2 is 2.06 bits per heavy atom. The Balaban J connectivity index is 2.44. The van der Waals surface area contributed by atoms with Crippen LogP contribution in [0.3, 0.4) is 0 Å². The minimum atomic E-state index is -1.21.